The topological polar surface area (TPSA) is 35.5 Å². The van der Waals surface area contributed by atoms with Crippen LogP contribution in [0.5, 0.6) is 0 Å². The van der Waals surface area contributed by atoms with Crippen molar-refractivity contribution in [1.29, 1.82) is 0 Å². The van der Waals surface area contributed by atoms with Gasteiger partial charge in [-0.2, -0.15) is 0 Å². The van der Waals surface area contributed by atoms with Crippen molar-refractivity contribution < 1.29 is 14.3 Å². The van der Waals surface area contributed by atoms with E-state index in [2.05, 4.69) is 0 Å². The van der Waals surface area contributed by atoms with E-state index in [9.17, 15) is 4.79 Å². The van der Waals surface area contributed by atoms with Gasteiger partial charge in [0.1, 0.15) is 5.78 Å². The van der Waals surface area contributed by atoms with Crippen molar-refractivity contribution in [3.8, 4) is 0 Å². The summed E-state index contributed by atoms with van der Waals surface area (Å²) < 4.78 is 11.6. The van der Waals surface area contributed by atoms with Gasteiger partial charge in [-0.1, -0.05) is 0 Å². The molecule has 3 aliphatic rings. The number of Topliss-reactive ketones (excluding diaryl/α,β-unsaturated/α-hetero) is 1. The molecule has 0 N–H and O–H groups in total. The predicted molar refractivity (Wildman–Crippen MR) is 49.7 cm³/mol. The van der Waals surface area contributed by atoms with Gasteiger partial charge in [-0.05, 0) is 19.3 Å². The zero-order chi connectivity index (χ0) is 9.60. The molecule has 1 heterocycles. The van der Waals surface area contributed by atoms with E-state index >= 15 is 0 Å². The second-order valence-corrected chi connectivity index (χ2v) is 4.67. The SMILES string of the molecule is O=C1CC[C@@H]2CC[C@H](C1)C21OCCO1. The molecule has 3 rings (SSSR count). The van der Waals surface area contributed by atoms with Crippen molar-refractivity contribution in [3.63, 3.8) is 0 Å². The average Bonchev–Trinajstić information content (AvgIpc) is 2.70. The van der Waals surface area contributed by atoms with Crippen molar-refractivity contribution in [3.05, 3.63) is 0 Å². The number of hydrogen-bond acceptors (Lipinski definition) is 3. The molecule has 14 heavy (non-hydrogen) atoms. The third-order valence-electron chi connectivity index (χ3n) is 3.99. The zero-order valence-corrected chi connectivity index (χ0v) is 8.33. The Kier molecular flexibility index (Phi) is 1.92. The highest BCUT2D eigenvalue weighted by Gasteiger charge is 2.56. The number of carbonyl (C=O) groups excluding carboxylic acids is 1. The van der Waals surface area contributed by atoms with Crippen LogP contribution in [0.15, 0.2) is 0 Å². The molecule has 3 nitrogen and oxygen atoms in total. The van der Waals surface area contributed by atoms with Crippen molar-refractivity contribution in [2.75, 3.05) is 13.2 Å². The molecule has 78 valence electrons. The summed E-state index contributed by atoms with van der Waals surface area (Å²) in [6.07, 6.45) is 4.66. The van der Waals surface area contributed by atoms with Crippen LogP contribution in [0.3, 0.4) is 0 Å². The molecule has 2 atom stereocenters. The van der Waals surface area contributed by atoms with Gasteiger partial charge in [0.15, 0.2) is 5.79 Å². The second kappa shape index (κ2) is 3.04. The van der Waals surface area contributed by atoms with E-state index in [0.29, 0.717) is 37.3 Å². The summed E-state index contributed by atoms with van der Waals surface area (Å²) in [5.41, 5.74) is 0. The highest BCUT2D eigenvalue weighted by molar-refractivity contribution is 5.79. The molecule has 2 aliphatic carbocycles. The maximum Gasteiger partial charge on any atom is 0.174 e. The van der Waals surface area contributed by atoms with Crippen LogP contribution in [0, 0.1) is 11.8 Å². The summed E-state index contributed by atoms with van der Waals surface area (Å²) in [6, 6.07) is 0. The van der Waals surface area contributed by atoms with E-state index in [-0.39, 0.29) is 5.79 Å². The third-order valence-corrected chi connectivity index (χ3v) is 3.99. The van der Waals surface area contributed by atoms with Gasteiger partial charge in [-0.3, -0.25) is 4.79 Å². The quantitative estimate of drug-likeness (QED) is 0.589. The molecule has 3 heteroatoms. The van der Waals surface area contributed by atoms with Gasteiger partial charge in [-0.15, -0.1) is 0 Å². The first kappa shape index (κ1) is 8.86. The standard InChI is InChI=1S/C11H16O3/c12-10-4-3-8-1-2-9(7-10)11(8)13-5-6-14-11/h8-9H,1-7H2/t8-,9+/m0/s1. The summed E-state index contributed by atoms with van der Waals surface area (Å²) in [7, 11) is 0. The first-order valence-electron chi connectivity index (χ1n) is 5.61. The van der Waals surface area contributed by atoms with Crippen LogP contribution >= 0.6 is 0 Å². The lowest BCUT2D eigenvalue weighted by molar-refractivity contribution is -0.207. The van der Waals surface area contributed by atoms with E-state index in [0.717, 1.165) is 19.3 Å². The molecule has 3 fully saturated rings. The summed E-state index contributed by atoms with van der Waals surface area (Å²) in [5, 5.41) is 0. The Bertz CT molecular complexity index is 255. The monoisotopic (exact) mass is 196 g/mol. The van der Waals surface area contributed by atoms with E-state index in [1.165, 1.54) is 6.42 Å². The van der Waals surface area contributed by atoms with Crippen LogP contribution in [0.25, 0.3) is 0 Å². The third kappa shape index (κ3) is 1.09. The number of rotatable bonds is 0. The highest BCUT2D eigenvalue weighted by Crippen LogP contribution is 2.51. The summed E-state index contributed by atoms with van der Waals surface area (Å²) in [4.78, 5) is 11.5. The molecule has 2 saturated carbocycles. The second-order valence-electron chi connectivity index (χ2n) is 4.67. The Hall–Kier alpha value is -0.410. The van der Waals surface area contributed by atoms with Gasteiger partial charge >= 0.3 is 0 Å². The number of hydrogen-bond donors (Lipinski definition) is 0. The lowest BCUT2D eigenvalue weighted by atomic mass is 9.95. The Morgan fingerprint density at radius 3 is 2.57 bits per heavy atom. The number of ether oxygens (including phenoxy) is 2. The van der Waals surface area contributed by atoms with Crippen LogP contribution in [0.1, 0.15) is 32.1 Å². The molecule has 1 spiro atoms. The molecule has 0 radical (unpaired) electrons. The minimum atomic E-state index is -0.355. The molecule has 1 saturated heterocycles. The largest absolute Gasteiger partial charge is 0.347 e. The normalized spacial score (nSPS) is 40.4. The molecule has 2 bridgehead atoms. The number of ketones is 1. The van der Waals surface area contributed by atoms with Crippen molar-refractivity contribution in [2.24, 2.45) is 11.8 Å². The average molecular weight is 196 g/mol. The van der Waals surface area contributed by atoms with Gasteiger partial charge in [0.2, 0.25) is 0 Å². The first-order chi connectivity index (χ1) is 6.81. The van der Waals surface area contributed by atoms with Gasteiger partial charge in [-0.25, -0.2) is 0 Å². The van der Waals surface area contributed by atoms with Crippen LogP contribution in [-0.2, 0) is 14.3 Å². The zero-order valence-electron chi connectivity index (χ0n) is 8.33. The van der Waals surface area contributed by atoms with E-state index in [4.69, 9.17) is 9.47 Å². The number of carbonyl (C=O) groups is 1. The molecular formula is C11H16O3. The fourth-order valence-electron chi connectivity index (χ4n) is 3.36. The molecule has 0 amide bonds. The smallest absolute Gasteiger partial charge is 0.174 e. The minimum Gasteiger partial charge on any atom is -0.347 e. The molecule has 0 unspecified atom stereocenters. The highest BCUT2D eigenvalue weighted by atomic mass is 16.7. The Labute approximate surface area is 83.8 Å². The Morgan fingerprint density at radius 1 is 1.07 bits per heavy atom. The lowest BCUT2D eigenvalue weighted by Crippen LogP contribution is -2.40. The fourth-order valence-corrected chi connectivity index (χ4v) is 3.36. The fraction of sp³-hybridized carbons (Fsp3) is 0.909. The Balaban J connectivity index is 1.92. The summed E-state index contributed by atoms with van der Waals surface area (Å²) >= 11 is 0. The van der Waals surface area contributed by atoms with Crippen molar-refractivity contribution >= 4 is 5.78 Å². The predicted octanol–water partition coefficient (Wildman–Crippen LogP) is 1.51. The van der Waals surface area contributed by atoms with Gasteiger partial charge in [0.25, 0.3) is 0 Å². The van der Waals surface area contributed by atoms with Crippen LogP contribution < -0.4 is 0 Å². The van der Waals surface area contributed by atoms with E-state index in [1.807, 2.05) is 0 Å². The van der Waals surface area contributed by atoms with Gasteiger partial charge in [0.05, 0.1) is 13.2 Å². The maximum atomic E-state index is 11.5. The van der Waals surface area contributed by atoms with Gasteiger partial charge < -0.3 is 9.47 Å². The summed E-state index contributed by atoms with van der Waals surface area (Å²) in [6.45, 7) is 1.42. The van der Waals surface area contributed by atoms with Crippen LogP contribution in [0.4, 0.5) is 0 Å². The van der Waals surface area contributed by atoms with E-state index in [1.54, 1.807) is 0 Å². The maximum absolute atomic E-state index is 11.5. The van der Waals surface area contributed by atoms with Gasteiger partial charge in [0, 0.05) is 24.7 Å². The van der Waals surface area contributed by atoms with Crippen LogP contribution in [-0.4, -0.2) is 24.8 Å². The molecule has 0 aromatic rings. The van der Waals surface area contributed by atoms with Crippen LogP contribution in [0.2, 0.25) is 0 Å². The molecular weight excluding hydrogens is 180 g/mol. The minimum absolute atomic E-state index is 0.338. The molecule has 0 aromatic carbocycles. The van der Waals surface area contributed by atoms with E-state index < -0.39 is 0 Å². The molecule has 0 aromatic heterocycles. The van der Waals surface area contributed by atoms with Crippen molar-refractivity contribution in [2.45, 2.75) is 37.9 Å². The lowest BCUT2D eigenvalue weighted by Gasteiger charge is -2.32. The van der Waals surface area contributed by atoms with Crippen molar-refractivity contribution in [1.82, 2.24) is 0 Å². The molecule has 1 aliphatic heterocycles. The Morgan fingerprint density at radius 2 is 1.79 bits per heavy atom. The summed E-state index contributed by atoms with van der Waals surface area (Å²) in [5.74, 6) is 0.855. The first-order valence-corrected chi connectivity index (χ1v) is 5.61.